The van der Waals surface area contributed by atoms with Gasteiger partial charge in [0.15, 0.2) is 11.8 Å². The first-order valence-electron chi connectivity index (χ1n) is 12.4. The second-order valence-electron chi connectivity index (χ2n) is 10.1. The van der Waals surface area contributed by atoms with Gasteiger partial charge < -0.3 is 18.9 Å². The van der Waals surface area contributed by atoms with Crippen molar-refractivity contribution in [1.29, 1.82) is 0 Å². The second kappa shape index (κ2) is 12.4. The molecule has 33 heavy (non-hydrogen) atoms. The van der Waals surface area contributed by atoms with E-state index in [1.165, 1.54) is 19.3 Å². The first-order chi connectivity index (χ1) is 15.5. The summed E-state index contributed by atoms with van der Waals surface area (Å²) >= 11 is 0. The molecule has 2 heterocycles. The number of unbranched alkanes of at least 4 members (excludes halogenated alkanes) is 10. The van der Waals surface area contributed by atoms with Crippen molar-refractivity contribution >= 4 is 23.9 Å². The molecule has 0 amide bonds. The Balaban J connectivity index is 1.40. The number of hydrogen-bond donors (Lipinski definition) is 0. The van der Waals surface area contributed by atoms with E-state index in [0.717, 1.165) is 51.4 Å². The number of carbonyl (C=O) groups excluding carboxylic acids is 4. The molecule has 0 aromatic carbocycles. The Morgan fingerprint density at radius 1 is 0.455 bits per heavy atom. The molecule has 2 aliphatic heterocycles. The second-order valence-corrected chi connectivity index (χ2v) is 10.1. The zero-order chi connectivity index (χ0) is 24.5. The maximum atomic E-state index is 11.9. The van der Waals surface area contributed by atoms with Crippen LogP contribution in [0.3, 0.4) is 0 Å². The van der Waals surface area contributed by atoms with Gasteiger partial charge in [-0.3, -0.25) is 19.2 Å². The van der Waals surface area contributed by atoms with Crippen LogP contribution in [-0.4, -0.2) is 35.5 Å². The Labute approximate surface area is 197 Å². The van der Waals surface area contributed by atoms with E-state index in [4.69, 9.17) is 18.9 Å². The summed E-state index contributed by atoms with van der Waals surface area (Å²) in [6.45, 7) is 6.25. The van der Waals surface area contributed by atoms with E-state index >= 15 is 0 Å². The van der Waals surface area contributed by atoms with Gasteiger partial charge >= 0.3 is 23.9 Å². The third-order valence-electron chi connectivity index (χ3n) is 6.01. The topological polar surface area (TPSA) is 105 Å². The number of cyclic esters (lactones) is 4. The average molecular weight is 469 g/mol. The fourth-order valence-electron chi connectivity index (χ4n) is 4.25. The Bertz CT molecular complexity index is 599. The highest BCUT2D eigenvalue weighted by molar-refractivity contribution is 5.97. The van der Waals surface area contributed by atoms with Gasteiger partial charge in [-0.1, -0.05) is 70.6 Å². The summed E-state index contributed by atoms with van der Waals surface area (Å²) in [5.74, 6) is -5.76. The maximum Gasteiger partial charge on any atom is 0.323 e. The number of carbonyl (C=O) groups is 4. The largest absolute Gasteiger partial charge is 0.422 e. The molecule has 2 aliphatic rings. The number of ether oxygens (including phenoxy) is 4. The number of rotatable bonds is 14. The lowest BCUT2D eigenvalue weighted by Gasteiger charge is -2.32. The van der Waals surface area contributed by atoms with Crippen LogP contribution in [0.25, 0.3) is 0 Å². The molecule has 8 nitrogen and oxygen atoms in total. The highest BCUT2D eigenvalue weighted by Gasteiger charge is 2.43. The molecular weight excluding hydrogens is 428 g/mol. The van der Waals surface area contributed by atoms with Crippen molar-refractivity contribution in [2.24, 2.45) is 11.8 Å². The molecule has 0 aliphatic carbocycles. The minimum absolute atomic E-state index is 0.473. The third kappa shape index (κ3) is 9.33. The Kier molecular flexibility index (Phi) is 10.2. The van der Waals surface area contributed by atoms with Crippen LogP contribution in [0.4, 0.5) is 0 Å². The molecule has 0 spiro atoms. The van der Waals surface area contributed by atoms with Gasteiger partial charge in [-0.2, -0.15) is 0 Å². The molecule has 8 heteroatoms. The summed E-state index contributed by atoms with van der Waals surface area (Å²) in [5.41, 5.74) is 0. The molecule has 0 radical (unpaired) electrons. The van der Waals surface area contributed by atoms with Gasteiger partial charge in [-0.25, -0.2) is 0 Å². The highest BCUT2D eigenvalue weighted by Crippen LogP contribution is 2.27. The molecule has 2 fully saturated rings. The molecule has 188 valence electrons. The van der Waals surface area contributed by atoms with Crippen molar-refractivity contribution in [3.63, 3.8) is 0 Å². The van der Waals surface area contributed by atoms with Gasteiger partial charge in [0.2, 0.25) is 0 Å². The van der Waals surface area contributed by atoms with Gasteiger partial charge in [-0.05, 0) is 12.8 Å². The smallest absolute Gasteiger partial charge is 0.323 e. The first kappa shape index (κ1) is 27.1. The van der Waals surface area contributed by atoms with Crippen LogP contribution in [0.5, 0.6) is 0 Å². The molecule has 0 aromatic rings. The summed E-state index contributed by atoms with van der Waals surface area (Å²) < 4.78 is 20.6. The van der Waals surface area contributed by atoms with E-state index in [2.05, 4.69) is 0 Å². The van der Waals surface area contributed by atoms with Crippen LogP contribution in [0.2, 0.25) is 0 Å². The molecule has 0 unspecified atom stereocenters. The van der Waals surface area contributed by atoms with Crippen molar-refractivity contribution in [2.75, 3.05) is 0 Å². The van der Waals surface area contributed by atoms with E-state index in [1.807, 2.05) is 0 Å². The normalized spacial score (nSPS) is 20.7. The standard InChI is InChI=1S/C25H40O8/c1-24(2)30-20(26)18(21(27)31-24)16-14-12-10-8-6-5-7-9-11-13-15-17-19-22(28)32-25(3,4)33-23(19)29/h18-19H,5-17H2,1-4H3. The van der Waals surface area contributed by atoms with Crippen molar-refractivity contribution in [3.8, 4) is 0 Å². The molecule has 2 saturated heterocycles. The SMILES string of the molecule is CC1(C)OC(=O)C(CCCCCCCCCCCCCC2C(=O)OC(C)(C)OC2=O)C(=O)O1. The molecule has 2 rings (SSSR count). The minimum Gasteiger partial charge on any atom is -0.422 e. The lowest BCUT2D eigenvalue weighted by molar-refractivity contribution is -0.242. The van der Waals surface area contributed by atoms with Crippen LogP contribution in [0.1, 0.15) is 111 Å². The summed E-state index contributed by atoms with van der Waals surface area (Å²) in [6, 6.07) is 0. The van der Waals surface area contributed by atoms with Crippen LogP contribution in [-0.2, 0) is 38.1 Å². The molecule has 0 aromatic heterocycles. The average Bonchev–Trinajstić information content (AvgIpc) is 2.67. The molecular formula is C25H40O8. The summed E-state index contributed by atoms with van der Waals surface area (Å²) in [6.07, 6.45) is 12.6. The maximum absolute atomic E-state index is 11.9. The molecule has 0 atom stereocenters. The summed E-state index contributed by atoms with van der Waals surface area (Å²) in [4.78, 5) is 47.7. The third-order valence-corrected chi connectivity index (χ3v) is 6.01. The predicted molar refractivity (Wildman–Crippen MR) is 120 cm³/mol. The van der Waals surface area contributed by atoms with E-state index in [-0.39, 0.29) is 0 Å². The number of esters is 4. The Morgan fingerprint density at radius 2 is 0.667 bits per heavy atom. The van der Waals surface area contributed by atoms with Crippen molar-refractivity contribution in [2.45, 2.75) is 123 Å². The van der Waals surface area contributed by atoms with Crippen molar-refractivity contribution in [3.05, 3.63) is 0 Å². The van der Waals surface area contributed by atoms with Crippen molar-refractivity contribution in [1.82, 2.24) is 0 Å². The molecule has 0 bridgehead atoms. The van der Waals surface area contributed by atoms with Gasteiger partial charge in [0.05, 0.1) is 0 Å². The van der Waals surface area contributed by atoms with Crippen LogP contribution in [0, 0.1) is 11.8 Å². The zero-order valence-corrected chi connectivity index (χ0v) is 20.6. The predicted octanol–water partition coefficient (Wildman–Crippen LogP) is 4.96. The van der Waals surface area contributed by atoms with E-state index in [9.17, 15) is 19.2 Å². The van der Waals surface area contributed by atoms with Gasteiger partial charge in [0.25, 0.3) is 11.6 Å². The van der Waals surface area contributed by atoms with Crippen LogP contribution in [0.15, 0.2) is 0 Å². The fourth-order valence-corrected chi connectivity index (χ4v) is 4.25. The minimum atomic E-state index is -1.15. The lowest BCUT2D eigenvalue weighted by Crippen LogP contribution is -2.46. The van der Waals surface area contributed by atoms with Crippen LogP contribution >= 0.6 is 0 Å². The van der Waals surface area contributed by atoms with Gasteiger partial charge in [0.1, 0.15) is 0 Å². The van der Waals surface area contributed by atoms with Crippen LogP contribution < -0.4 is 0 Å². The molecule has 0 saturated carbocycles. The monoisotopic (exact) mass is 468 g/mol. The zero-order valence-electron chi connectivity index (χ0n) is 20.6. The van der Waals surface area contributed by atoms with E-state index in [1.54, 1.807) is 27.7 Å². The Hall–Kier alpha value is -2.12. The van der Waals surface area contributed by atoms with Crippen molar-refractivity contribution < 1.29 is 38.1 Å². The number of hydrogen-bond acceptors (Lipinski definition) is 8. The Morgan fingerprint density at radius 3 is 0.909 bits per heavy atom. The molecule has 0 N–H and O–H groups in total. The van der Waals surface area contributed by atoms with Gasteiger partial charge in [0, 0.05) is 27.7 Å². The summed E-state index contributed by atoms with van der Waals surface area (Å²) in [7, 11) is 0. The quantitative estimate of drug-likeness (QED) is 0.200. The fraction of sp³-hybridized carbons (Fsp3) is 0.840. The highest BCUT2D eigenvalue weighted by atomic mass is 16.8. The van der Waals surface area contributed by atoms with E-state index in [0.29, 0.717) is 12.8 Å². The van der Waals surface area contributed by atoms with E-state index < -0.39 is 47.3 Å². The lowest BCUT2D eigenvalue weighted by atomic mass is 9.98. The van der Waals surface area contributed by atoms with Gasteiger partial charge in [-0.15, -0.1) is 0 Å². The first-order valence-corrected chi connectivity index (χ1v) is 12.4. The summed E-state index contributed by atoms with van der Waals surface area (Å²) in [5, 5.41) is 0.